The van der Waals surface area contributed by atoms with Crippen molar-refractivity contribution in [2.24, 2.45) is 0 Å². The number of anilines is 1. The molecule has 1 aromatic heterocycles. The summed E-state index contributed by atoms with van der Waals surface area (Å²) in [6, 6.07) is 0. The molecule has 0 spiro atoms. The van der Waals surface area contributed by atoms with Gasteiger partial charge in [0.25, 0.3) is 5.56 Å². The summed E-state index contributed by atoms with van der Waals surface area (Å²) in [6.07, 6.45) is 1.59. The largest absolute Gasteiger partial charge is 0.394 e. The Morgan fingerprint density at radius 3 is 2.68 bits per heavy atom. The molecule has 0 aromatic carbocycles. The zero-order valence-corrected chi connectivity index (χ0v) is 13.4. The van der Waals surface area contributed by atoms with Crippen LogP contribution in [0.25, 0.3) is 0 Å². The van der Waals surface area contributed by atoms with Crippen LogP contribution in [0.4, 0.5) is 5.69 Å². The lowest BCUT2D eigenvalue weighted by Crippen LogP contribution is -2.44. The summed E-state index contributed by atoms with van der Waals surface area (Å²) in [7, 11) is 4.02. The van der Waals surface area contributed by atoms with E-state index in [9.17, 15) is 4.79 Å². The van der Waals surface area contributed by atoms with E-state index in [4.69, 9.17) is 5.11 Å². The third-order valence-corrected chi connectivity index (χ3v) is 3.99. The van der Waals surface area contributed by atoms with Gasteiger partial charge in [-0.3, -0.25) is 4.79 Å². The Bertz CT molecular complexity index is 485. The van der Waals surface area contributed by atoms with E-state index in [0.717, 1.165) is 0 Å². The molecule has 1 aromatic rings. The molecule has 0 saturated carbocycles. The zero-order chi connectivity index (χ0) is 14.6. The van der Waals surface area contributed by atoms with Gasteiger partial charge in [0.1, 0.15) is 4.47 Å². The van der Waals surface area contributed by atoms with Crippen LogP contribution in [0.2, 0.25) is 0 Å². The topological polar surface area (TPSA) is 70.4 Å². The smallest absolute Gasteiger partial charge is 0.283 e. The Kier molecular flexibility index (Phi) is 5.51. The maximum Gasteiger partial charge on any atom is 0.283 e. The van der Waals surface area contributed by atoms with Crippen LogP contribution in [0.5, 0.6) is 0 Å². The summed E-state index contributed by atoms with van der Waals surface area (Å²) >= 11 is 3.27. The van der Waals surface area contributed by atoms with Crippen LogP contribution in [0.15, 0.2) is 15.5 Å². The van der Waals surface area contributed by atoms with E-state index >= 15 is 0 Å². The van der Waals surface area contributed by atoms with E-state index < -0.39 is 0 Å². The number of nitrogens with one attached hydrogen (secondary N) is 1. The van der Waals surface area contributed by atoms with Gasteiger partial charge in [-0.15, -0.1) is 0 Å². The molecule has 7 heteroatoms. The Hall–Kier alpha value is -0.920. The lowest BCUT2D eigenvalue weighted by atomic mass is 10.0. The minimum Gasteiger partial charge on any atom is -0.394 e. The molecule has 0 atom stereocenters. The number of nitrogens with zero attached hydrogens (tertiary/aromatic N) is 3. The van der Waals surface area contributed by atoms with Gasteiger partial charge < -0.3 is 15.3 Å². The van der Waals surface area contributed by atoms with Gasteiger partial charge >= 0.3 is 0 Å². The molecule has 0 bridgehead atoms. The summed E-state index contributed by atoms with van der Waals surface area (Å²) in [5.74, 6) is 0. The molecule has 1 rings (SSSR count). The van der Waals surface area contributed by atoms with Gasteiger partial charge in [-0.25, -0.2) is 4.68 Å². The van der Waals surface area contributed by atoms with E-state index in [1.165, 1.54) is 4.68 Å². The molecule has 0 fully saturated rings. The van der Waals surface area contributed by atoms with Gasteiger partial charge in [-0.05, 0) is 43.9 Å². The van der Waals surface area contributed by atoms with E-state index in [1.54, 1.807) is 6.20 Å². The minimum absolute atomic E-state index is 0.0423. The molecule has 0 amide bonds. The van der Waals surface area contributed by atoms with Crippen molar-refractivity contribution in [3.05, 3.63) is 21.0 Å². The number of aliphatic hydroxyl groups is 1. The third-order valence-electron chi connectivity index (χ3n) is 3.22. The predicted molar refractivity (Wildman–Crippen MR) is 79.5 cm³/mol. The zero-order valence-electron chi connectivity index (χ0n) is 11.8. The third kappa shape index (κ3) is 4.02. The fourth-order valence-electron chi connectivity index (χ4n) is 1.31. The van der Waals surface area contributed by atoms with E-state index in [2.05, 4.69) is 45.1 Å². The number of halogens is 1. The van der Waals surface area contributed by atoms with Crippen LogP contribution in [-0.2, 0) is 6.54 Å². The fraction of sp³-hybridized carbons (Fsp3) is 0.667. The van der Waals surface area contributed by atoms with Gasteiger partial charge in [0.05, 0.1) is 25.0 Å². The quantitative estimate of drug-likeness (QED) is 0.804. The van der Waals surface area contributed by atoms with Gasteiger partial charge in [0.15, 0.2) is 0 Å². The Morgan fingerprint density at radius 1 is 1.53 bits per heavy atom. The van der Waals surface area contributed by atoms with E-state index in [0.29, 0.717) is 16.7 Å². The highest BCUT2D eigenvalue weighted by Gasteiger charge is 2.20. The first kappa shape index (κ1) is 16.1. The second-order valence-electron chi connectivity index (χ2n) is 5.18. The van der Waals surface area contributed by atoms with Crippen molar-refractivity contribution in [1.29, 1.82) is 0 Å². The molecule has 2 N–H and O–H groups in total. The number of hydrogen-bond acceptors (Lipinski definition) is 5. The minimum atomic E-state index is -0.248. The number of hydrogen-bond donors (Lipinski definition) is 2. The first-order valence-electron chi connectivity index (χ1n) is 6.07. The van der Waals surface area contributed by atoms with Crippen molar-refractivity contribution >= 4 is 21.6 Å². The monoisotopic (exact) mass is 332 g/mol. The molecule has 108 valence electrons. The van der Waals surface area contributed by atoms with Crippen LogP contribution in [0, 0.1) is 0 Å². The van der Waals surface area contributed by atoms with Gasteiger partial charge in [0.2, 0.25) is 0 Å². The average Bonchev–Trinajstić information content (AvgIpc) is 2.34. The summed E-state index contributed by atoms with van der Waals surface area (Å²) < 4.78 is 1.66. The Labute approximate surface area is 121 Å². The maximum absolute atomic E-state index is 11.9. The summed E-state index contributed by atoms with van der Waals surface area (Å²) in [6.45, 7) is 4.98. The predicted octanol–water partition coefficient (Wildman–Crippen LogP) is 0.750. The van der Waals surface area contributed by atoms with Crippen LogP contribution in [0.3, 0.4) is 0 Å². The van der Waals surface area contributed by atoms with Gasteiger partial charge in [-0.1, -0.05) is 0 Å². The standard InChI is InChI=1S/C12H21BrN4O2/c1-12(2,16(3)4)8-14-9-7-15-17(5-6-18)11(19)10(9)13/h7,14,18H,5-6,8H2,1-4H3. The van der Waals surface area contributed by atoms with Crippen molar-refractivity contribution in [2.45, 2.75) is 25.9 Å². The second-order valence-corrected chi connectivity index (χ2v) is 5.98. The van der Waals surface area contributed by atoms with Crippen molar-refractivity contribution in [3.8, 4) is 0 Å². The highest BCUT2D eigenvalue weighted by molar-refractivity contribution is 9.10. The number of rotatable bonds is 6. The molecule has 19 heavy (non-hydrogen) atoms. The first-order chi connectivity index (χ1) is 8.79. The molecule has 0 unspecified atom stereocenters. The highest BCUT2D eigenvalue weighted by atomic mass is 79.9. The molecular weight excluding hydrogens is 312 g/mol. The van der Waals surface area contributed by atoms with Crippen LogP contribution < -0.4 is 10.9 Å². The van der Waals surface area contributed by atoms with Crippen molar-refractivity contribution in [2.75, 3.05) is 32.6 Å². The summed E-state index contributed by atoms with van der Waals surface area (Å²) in [4.78, 5) is 14.0. The normalized spacial score (nSPS) is 11.9. The molecular formula is C12H21BrN4O2. The van der Waals surface area contributed by atoms with E-state index in [-0.39, 0.29) is 24.2 Å². The highest BCUT2D eigenvalue weighted by Crippen LogP contribution is 2.18. The van der Waals surface area contributed by atoms with E-state index in [1.807, 2.05) is 14.1 Å². The lowest BCUT2D eigenvalue weighted by molar-refractivity contribution is 0.210. The lowest BCUT2D eigenvalue weighted by Gasteiger charge is -2.33. The van der Waals surface area contributed by atoms with Gasteiger partial charge in [0, 0.05) is 12.1 Å². The Morgan fingerprint density at radius 2 is 2.16 bits per heavy atom. The second kappa shape index (κ2) is 6.49. The number of likely N-dealkylation sites (N-methyl/N-ethyl adjacent to an activating group) is 1. The van der Waals surface area contributed by atoms with Crippen molar-refractivity contribution in [1.82, 2.24) is 14.7 Å². The van der Waals surface area contributed by atoms with Crippen LogP contribution in [0.1, 0.15) is 13.8 Å². The fourth-order valence-corrected chi connectivity index (χ4v) is 1.76. The van der Waals surface area contributed by atoms with Crippen LogP contribution >= 0.6 is 15.9 Å². The molecule has 1 heterocycles. The molecule has 6 nitrogen and oxygen atoms in total. The SMILES string of the molecule is CN(C)C(C)(C)CNc1cnn(CCO)c(=O)c1Br. The Balaban J connectivity index is 2.87. The summed E-state index contributed by atoms with van der Waals surface area (Å²) in [5.41, 5.74) is 0.371. The molecule has 0 radical (unpaired) electrons. The number of aromatic nitrogens is 2. The first-order valence-corrected chi connectivity index (χ1v) is 6.86. The summed E-state index contributed by atoms with van der Waals surface area (Å²) in [5, 5.41) is 16.1. The maximum atomic E-state index is 11.9. The molecule has 0 aliphatic carbocycles. The molecule has 0 saturated heterocycles. The van der Waals surface area contributed by atoms with Crippen molar-refractivity contribution < 1.29 is 5.11 Å². The number of aliphatic hydroxyl groups excluding tert-OH is 1. The van der Waals surface area contributed by atoms with Gasteiger partial charge in [-0.2, -0.15) is 5.10 Å². The van der Waals surface area contributed by atoms with Crippen LogP contribution in [-0.4, -0.2) is 52.6 Å². The molecule has 0 aliphatic rings. The average molecular weight is 333 g/mol. The molecule has 0 aliphatic heterocycles. The van der Waals surface area contributed by atoms with Crippen molar-refractivity contribution in [3.63, 3.8) is 0 Å².